The zero-order chi connectivity index (χ0) is 18.3. The van der Waals surface area contributed by atoms with E-state index in [0.717, 1.165) is 30.7 Å². The summed E-state index contributed by atoms with van der Waals surface area (Å²) in [5, 5.41) is 13.4. The number of nitrogen functional groups attached to an aromatic ring is 1. The number of carbonyl (C=O) groups is 1. The largest absolute Gasteiger partial charge is 0.397 e. The molecule has 0 saturated carbocycles. The Labute approximate surface area is 166 Å². The van der Waals surface area contributed by atoms with E-state index in [0.29, 0.717) is 17.1 Å². The Hall–Kier alpha value is -2.53. The van der Waals surface area contributed by atoms with Crippen molar-refractivity contribution in [2.45, 2.75) is 6.92 Å². The molecule has 0 bridgehead atoms. The predicted octanol–water partition coefficient (Wildman–Crippen LogP) is 3.83. The molecule has 0 spiro atoms. The molecule has 0 atom stereocenters. The fourth-order valence-electron chi connectivity index (χ4n) is 2.60. The Morgan fingerprint density at radius 1 is 1.27 bits per heavy atom. The minimum Gasteiger partial charge on any atom is -0.397 e. The van der Waals surface area contributed by atoms with Gasteiger partial charge in [0.1, 0.15) is 9.39 Å². The molecule has 0 radical (unpaired) electrons. The average molecular weight is 476 g/mol. The monoisotopic (exact) mass is 476 g/mol. The van der Waals surface area contributed by atoms with Crippen molar-refractivity contribution >= 4 is 62.1 Å². The third kappa shape index (κ3) is 3.15. The number of pyridine rings is 1. The van der Waals surface area contributed by atoms with Crippen LogP contribution in [-0.4, -0.2) is 26.1 Å². The van der Waals surface area contributed by atoms with Crippen molar-refractivity contribution in [2.75, 3.05) is 11.1 Å². The molecule has 7 nitrogen and oxygen atoms in total. The van der Waals surface area contributed by atoms with E-state index in [1.54, 1.807) is 17.8 Å². The number of nitrogens with one attached hydrogen (secondary N) is 2. The van der Waals surface area contributed by atoms with Crippen LogP contribution in [0.4, 0.5) is 11.4 Å². The lowest BCUT2D eigenvalue weighted by Gasteiger charge is -2.09. The van der Waals surface area contributed by atoms with Gasteiger partial charge in [0, 0.05) is 22.5 Å². The number of hydrogen-bond donors (Lipinski definition) is 3. The average Bonchev–Trinajstić information content (AvgIpc) is 3.26. The van der Waals surface area contributed by atoms with E-state index >= 15 is 0 Å². The highest BCUT2D eigenvalue weighted by molar-refractivity contribution is 14.1. The van der Waals surface area contributed by atoms with E-state index in [2.05, 4.69) is 48.1 Å². The third-order valence-corrected chi connectivity index (χ3v) is 5.53. The van der Waals surface area contributed by atoms with Gasteiger partial charge in [-0.3, -0.25) is 9.89 Å². The molecule has 0 aliphatic carbocycles. The van der Waals surface area contributed by atoms with Crippen LogP contribution in [-0.2, 0) is 0 Å². The highest BCUT2D eigenvalue weighted by Crippen LogP contribution is 2.31. The minimum atomic E-state index is -0.255. The fourth-order valence-corrected chi connectivity index (χ4v) is 3.49. The van der Waals surface area contributed by atoms with Crippen molar-refractivity contribution in [3.8, 4) is 11.1 Å². The van der Waals surface area contributed by atoms with Gasteiger partial charge in [-0.1, -0.05) is 0 Å². The van der Waals surface area contributed by atoms with Crippen LogP contribution >= 0.6 is 33.9 Å². The molecule has 3 heterocycles. The molecule has 26 heavy (non-hydrogen) atoms. The van der Waals surface area contributed by atoms with Crippen molar-refractivity contribution in [3.63, 3.8) is 0 Å². The summed E-state index contributed by atoms with van der Waals surface area (Å²) in [7, 11) is 0. The van der Waals surface area contributed by atoms with Gasteiger partial charge in [-0.25, -0.2) is 9.97 Å². The highest BCUT2D eigenvalue weighted by atomic mass is 127. The van der Waals surface area contributed by atoms with Gasteiger partial charge in [-0.05, 0) is 53.3 Å². The lowest BCUT2D eigenvalue weighted by molar-refractivity contribution is 0.102. The number of anilines is 2. The van der Waals surface area contributed by atoms with Gasteiger partial charge in [-0.2, -0.15) is 5.10 Å². The van der Waals surface area contributed by atoms with E-state index < -0.39 is 0 Å². The van der Waals surface area contributed by atoms with Gasteiger partial charge < -0.3 is 11.1 Å². The van der Waals surface area contributed by atoms with Crippen molar-refractivity contribution in [2.24, 2.45) is 0 Å². The number of thiazole rings is 1. The normalized spacial score (nSPS) is 11.0. The standard InChI is InChI=1S/C17H13IN6OS/c1-8-22-15(7-26-8)17(25)23-13-3-9(4-14-11(13)6-21-24-14)10-2-12(19)16(18)20-5-10/h2-7H,19H2,1H3,(H,21,24)(H,23,25). The van der Waals surface area contributed by atoms with Crippen LogP contribution in [0.2, 0.25) is 0 Å². The van der Waals surface area contributed by atoms with Crippen molar-refractivity contribution in [1.29, 1.82) is 0 Å². The molecular formula is C17H13IN6OS. The van der Waals surface area contributed by atoms with Gasteiger partial charge in [0.2, 0.25) is 0 Å². The summed E-state index contributed by atoms with van der Waals surface area (Å²) >= 11 is 3.53. The molecule has 4 aromatic rings. The number of aromatic amines is 1. The summed E-state index contributed by atoms with van der Waals surface area (Å²) in [4.78, 5) is 21.0. The number of nitrogens with two attached hydrogens (primary N) is 1. The van der Waals surface area contributed by atoms with Crippen LogP contribution in [0.5, 0.6) is 0 Å². The summed E-state index contributed by atoms with van der Waals surface area (Å²) in [5.41, 5.74) is 10.2. The van der Waals surface area contributed by atoms with Crippen LogP contribution < -0.4 is 11.1 Å². The molecule has 0 unspecified atom stereocenters. The molecule has 0 saturated heterocycles. The Balaban J connectivity index is 1.77. The van der Waals surface area contributed by atoms with Crippen molar-refractivity contribution in [3.05, 3.63) is 50.4 Å². The number of halogens is 1. The van der Waals surface area contributed by atoms with E-state index in [1.807, 2.05) is 25.1 Å². The molecule has 0 fully saturated rings. The van der Waals surface area contributed by atoms with E-state index in [-0.39, 0.29) is 5.91 Å². The van der Waals surface area contributed by atoms with Crippen LogP contribution in [0.15, 0.2) is 36.0 Å². The molecular weight excluding hydrogens is 463 g/mol. The van der Waals surface area contributed by atoms with E-state index in [1.165, 1.54) is 11.3 Å². The molecule has 0 aliphatic rings. The van der Waals surface area contributed by atoms with Crippen LogP contribution in [0.3, 0.4) is 0 Å². The first-order chi connectivity index (χ1) is 12.5. The van der Waals surface area contributed by atoms with Gasteiger partial charge in [0.05, 0.1) is 28.1 Å². The highest BCUT2D eigenvalue weighted by Gasteiger charge is 2.14. The maximum Gasteiger partial charge on any atom is 0.275 e. The topological polar surface area (TPSA) is 110 Å². The molecule has 130 valence electrons. The number of rotatable bonds is 3. The van der Waals surface area contributed by atoms with Crippen LogP contribution in [0.25, 0.3) is 22.0 Å². The number of fused-ring (bicyclic) bond motifs is 1. The Morgan fingerprint density at radius 2 is 2.12 bits per heavy atom. The molecule has 4 N–H and O–H groups in total. The van der Waals surface area contributed by atoms with Gasteiger partial charge in [0.15, 0.2) is 0 Å². The maximum absolute atomic E-state index is 12.5. The number of nitrogens with zero attached hydrogens (tertiary/aromatic N) is 3. The molecule has 1 aromatic carbocycles. The predicted molar refractivity (Wildman–Crippen MR) is 111 cm³/mol. The quantitative estimate of drug-likeness (QED) is 0.308. The summed E-state index contributed by atoms with van der Waals surface area (Å²) in [6.45, 7) is 1.87. The number of carbonyl (C=O) groups excluding carboxylic acids is 1. The molecule has 9 heteroatoms. The number of amides is 1. The minimum absolute atomic E-state index is 0.255. The Morgan fingerprint density at radius 3 is 2.85 bits per heavy atom. The second-order valence-corrected chi connectivity index (χ2v) is 7.75. The SMILES string of the molecule is Cc1nc(C(=O)Nc2cc(-c3cnc(I)c(N)c3)cc3[nH]ncc23)cs1. The Kier molecular flexibility index (Phi) is 4.32. The lowest BCUT2D eigenvalue weighted by Crippen LogP contribution is -2.12. The summed E-state index contributed by atoms with van der Waals surface area (Å²) in [6, 6.07) is 5.70. The summed E-state index contributed by atoms with van der Waals surface area (Å²) < 4.78 is 0.751. The van der Waals surface area contributed by atoms with Crippen LogP contribution in [0, 0.1) is 10.6 Å². The van der Waals surface area contributed by atoms with Crippen molar-refractivity contribution in [1.82, 2.24) is 20.2 Å². The third-order valence-electron chi connectivity index (χ3n) is 3.86. The van der Waals surface area contributed by atoms with Gasteiger partial charge >= 0.3 is 0 Å². The number of benzene rings is 1. The zero-order valence-corrected chi connectivity index (χ0v) is 16.6. The number of hydrogen-bond acceptors (Lipinski definition) is 6. The molecule has 3 aromatic heterocycles. The first kappa shape index (κ1) is 16.9. The van der Waals surface area contributed by atoms with E-state index in [9.17, 15) is 4.79 Å². The Bertz CT molecular complexity index is 1140. The maximum atomic E-state index is 12.5. The zero-order valence-electron chi connectivity index (χ0n) is 13.6. The molecule has 1 amide bonds. The fraction of sp³-hybridized carbons (Fsp3) is 0.0588. The second-order valence-electron chi connectivity index (χ2n) is 5.66. The van der Waals surface area contributed by atoms with Crippen molar-refractivity contribution < 1.29 is 4.79 Å². The first-order valence-corrected chi connectivity index (χ1v) is 9.59. The van der Waals surface area contributed by atoms with Gasteiger partial charge in [-0.15, -0.1) is 11.3 Å². The lowest BCUT2D eigenvalue weighted by atomic mass is 10.0. The molecule has 0 aliphatic heterocycles. The summed E-state index contributed by atoms with van der Waals surface area (Å²) in [5.74, 6) is -0.255. The summed E-state index contributed by atoms with van der Waals surface area (Å²) in [6.07, 6.45) is 3.44. The van der Waals surface area contributed by atoms with E-state index in [4.69, 9.17) is 5.73 Å². The molecule has 4 rings (SSSR count). The number of aromatic nitrogens is 4. The number of H-pyrrole nitrogens is 1. The van der Waals surface area contributed by atoms with Gasteiger partial charge in [0.25, 0.3) is 5.91 Å². The van der Waals surface area contributed by atoms with Crippen LogP contribution in [0.1, 0.15) is 15.5 Å². The first-order valence-electron chi connectivity index (χ1n) is 7.63. The smallest absolute Gasteiger partial charge is 0.275 e. The second kappa shape index (κ2) is 6.65. The number of aryl methyl sites for hydroxylation is 1.